The zero-order valence-corrected chi connectivity index (χ0v) is 14.7. The average molecular weight is 371 g/mol. The number of hydrogen-bond donors (Lipinski definition) is 3. The lowest BCUT2D eigenvalue weighted by Crippen LogP contribution is -2.52. The molecule has 7 heteroatoms. The van der Waals surface area contributed by atoms with E-state index in [4.69, 9.17) is 4.74 Å². The number of aliphatic hydroxyl groups excluding tert-OH is 2. The minimum Gasteiger partial charge on any atom is -0.444 e. The molecule has 0 bridgehead atoms. The lowest BCUT2D eigenvalue weighted by molar-refractivity contribution is -0.118. The maximum atomic E-state index is 12.8. The van der Waals surface area contributed by atoms with E-state index in [1.165, 1.54) is 19.1 Å². The molecule has 1 heterocycles. The number of amides is 1. The number of carbonyl (C=O) groups excluding carboxylic acids is 2. The zero-order chi connectivity index (χ0) is 19.6. The quantitative estimate of drug-likeness (QED) is 0.704. The maximum Gasteiger partial charge on any atom is 0.414 e. The van der Waals surface area contributed by atoms with Crippen molar-refractivity contribution in [1.29, 1.82) is 0 Å². The van der Waals surface area contributed by atoms with E-state index in [1.54, 1.807) is 42.5 Å². The molecule has 0 radical (unpaired) electrons. The summed E-state index contributed by atoms with van der Waals surface area (Å²) in [5, 5.41) is 31.5. The Bertz CT molecular complexity index is 808. The normalized spacial score (nSPS) is 27.4. The Morgan fingerprint density at radius 1 is 1.04 bits per heavy atom. The number of aliphatic hydroxyl groups is 3. The molecule has 1 aliphatic rings. The van der Waals surface area contributed by atoms with Crippen LogP contribution < -0.4 is 0 Å². The van der Waals surface area contributed by atoms with E-state index >= 15 is 0 Å². The predicted molar refractivity (Wildman–Crippen MR) is 95.4 cm³/mol. The van der Waals surface area contributed by atoms with Gasteiger partial charge in [-0.3, -0.25) is 9.69 Å². The number of ether oxygens (including phenoxy) is 1. The third-order valence-corrected chi connectivity index (χ3v) is 4.73. The van der Waals surface area contributed by atoms with Gasteiger partial charge in [0, 0.05) is 5.56 Å². The SMILES string of the molecule is C[C@@]1(O)[C@H](C(=O)c2ccccc2)[C@@H](O)[C@@H](O)N1C(=O)OCc1ccccc1. The Balaban J connectivity index is 1.80. The van der Waals surface area contributed by atoms with Crippen molar-refractivity contribution in [3.8, 4) is 0 Å². The molecular weight excluding hydrogens is 350 g/mol. The van der Waals surface area contributed by atoms with Crippen molar-refractivity contribution in [3.05, 3.63) is 71.8 Å². The number of Topliss-reactive ketones (excluding diaryl/α,β-unsaturated/α-hetero) is 1. The van der Waals surface area contributed by atoms with Gasteiger partial charge in [-0.25, -0.2) is 4.79 Å². The van der Waals surface area contributed by atoms with Crippen molar-refractivity contribution in [2.24, 2.45) is 5.92 Å². The van der Waals surface area contributed by atoms with Crippen LogP contribution in [0.5, 0.6) is 0 Å². The summed E-state index contributed by atoms with van der Waals surface area (Å²) in [6.07, 6.45) is -4.46. The van der Waals surface area contributed by atoms with E-state index in [0.29, 0.717) is 4.90 Å². The summed E-state index contributed by atoms with van der Waals surface area (Å²) < 4.78 is 5.14. The van der Waals surface area contributed by atoms with Crippen molar-refractivity contribution < 1.29 is 29.6 Å². The van der Waals surface area contributed by atoms with Crippen LogP contribution in [0.3, 0.4) is 0 Å². The molecule has 3 rings (SSSR count). The highest BCUT2D eigenvalue weighted by Crippen LogP contribution is 2.39. The monoisotopic (exact) mass is 371 g/mol. The molecule has 1 aliphatic heterocycles. The second-order valence-corrected chi connectivity index (χ2v) is 6.62. The van der Waals surface area contributed by atoms with Gasteiger partial charge in [0.05, 0.1) is 0 Å². The standard InChI is InChI=1S/C20H21NO6/c1-20(26)15(16(22)14-10-6-3-7-11-14)17(23)18(24)21(20)19(25)27-12-13-8-4-2-5-9-13/h2-11,15,17-18,23-24,26H,12H2,1H3/t15-,17-,18-,20-/m1/s1. The average Bonchev–Trinajstić information content (AvgIpc) is 2.85. The molecule has 1 fully saturated rings. The molecule has 2 aromatic carbocycles. The predicted octanol–water partition coefficient (Wildman–Crippen LogP) is 1.53. The molecular formula is C20H21NO6. The Morgan fingerprint density at radius 3 is 2.19 bits per heavy atom. The van der Waals surface area contributed by atoms with Crippen LogP contribution in [0.4, 0.5) is 4.79 Å². The third-order valence-electron chi connectivity index (χ3n) is 4.73. The molecule has 0 unspecified atom stereocenters. The highest BCUT2D eigenvalue weighted by Gasteiger charge is 2.60. The van der Waals surface area contributed by atoms with Crippen LogP contribution in [-0.4, -0.2) is 50.2 Å². The van der Waals surface area contributed by atoms with Gasteiger partial charge in [-0.05, 0) is 12.5 Å². The molecule has 0 aromatic heterocycles. The lowest BCUT2D eigenvalue weighted by atomic mass is 9.87. The highest BCUT2D eigenvalue weighted by molar-refractivity contribution is 5.99. The fraction of sp³-hybridized carbons (Fsp3) is 0.300. The molecule has 4 atom stereocenters. The van der Waals surface area contributed by atoms with Crippen molar-refractivity contribution >= 4 is 11.9 Å². The fourth-order valence-electron chi connectivity index (χ4n) is 3.33. The zero-order valence-electron chi connectivity index (χ0n) is 14.7. The number of nitrogens with zero attached hydrogens (tertiary/aromatic N) is 1. The van der Waals surface area contributed by atoms with Gasteiger partial charge in [-0.2, -0.15) is 0 Å². The van der Waals surface area contributed by atoms with Gasteiger partial charge in [-0.15, -0.1) is 0 Å². The van der Waals surface area contributed by atoms with Gasteiger partial charge < -0.3 is 20.1 Å². The minimum atomic E-state index is -2.13. The molecule has 0 aliphatic carbocycles. The summed E-state index contributed by atoms with van der Waals surface area (Å²) in [6.45, 7) is 1.12. The van der Waals surface area contributed by atoms with Gasteiger partial charge in [0.1, 0.15) is 18.6 Å². The van der Waals surface area contributed by atoms with E-state index in [-0.39, 0.29) is 12.2 Å². The molecule has 7 nitrogen and oxygen atoms in total. The van der Waals surface area contributed by atoms with Gasteiger partial charge in [0.15, 0.2) is 17.7 Å². The minimum absolute atomic E-state index is 0.0770. The smallest absolute Gasteiger partial charge is 0.414 e. The first kappa shape index (κ1) is 19.0. The molecule has 1 saturated heterocycles. The van der Waals surface area contributed by atoms with Crippen LogP contribution in [0.1, 0.15) is 22.8 Å². The van der Waals surface area contributed by atoms with Gasteiger partial charge in [0.25, 0.3) is 0 Å². The first-order chi connectivity index (χ1) is 12.8. The number of carbonyl (C=O) groups is 2. The first-order valence-corrected chi connectivity index (χ1v) is 8.52. The number of ketones is 1. The molecule has 0 spiro atoms. The van der Waals surface area contributed by atoms with Crippen molar-refractivity contribution in [2.75, 3.05) is 0 Å². The fourth-order valence-corrected chi connectivity index (χ4v) is 3.33. The van der Waals surface area contributed by atoms with E-state index < -0.39 is 35.9 Å². The first-order valence-electron chi connectivity index (χ1n) is 8.52. The Labute approximate surface area is 156 Å². The Hall–Kier alpha value is -2.74. The van der Waals surface area contributed by atoms with Crippen molar-refractivity contribution in [2.45, 2.75) is 31.6 Å². The summed E-state index contributed by atoms with van der Waals surface area (Å²) >= 11 is 0. The van der Waals surface area contributed by atoms with E-state index in [9.17, 15) is 24.9 Å². The van der Waals surface area contributed by atoms with Crippen LogP contribution in [0, 0.1) is 5.92 Å². The third kappa shape index (κ3) is 3.57. The summed E-state index contributed by atoms with van der Waals surface area (Å²) in [5.41, 5.74) is -1.15. The summed E-state index contributed by atoms with van der Waals surface area (Å²) in [6, 6.07) is 17.0. The summed E-state index contributed by atoms with van der Waals surface area (Å²) in [5.74, 6) is -2.00. The number of likely N-dealkylation sites (tertiary alicyclic amines) is 1. The lowest BCUT2D eigenvalue weighted by Gasteiger charge is -2.33. The number of hydrogen-bond acceptors (Lipinski definition) is 6. The van der Waals surface area contributed by atoms with Crippen LogP contribution in [0.25, 0.3) is 0 Å². The molecule has 3 N–H and O–H groups in total. The maximum absolute atomic E-state index is 12.8. The molecule has 0 saturated carbocycles. The van der Waals surface area contributed by atoms with Crippen LogP contribution in [0.15, 0.2) is 60.7 Å². The molecule has 1 amide bonds. The van der Waals surface area contributed by atoms with E-state index in [2.05, 4.69) is 0 Å². The topological polar surface area (TPSA) is 107 Å². The second-order valence-electron chi connectivity index (χ2n) is 6.62. The summed E-state index contributed by atoms with van der Waals surface area (Å²) in [7, 11) is 0. The van der Waals surface area contributed by atoms with Gasteiger partial charge in [-0.1, -0.05) is 60.7 Å². The van der Waals surface area contributed by atoms with Gasteiger partial charge >= 0.3 is 6.09 Å². The van der Waals surface area contributed by atoms with Crippen LogP contribution in [0.2, 0.25) is 0 Å². The molecule has 2 aromatic rings. The Morgan fingerprint density at radius 2 is 1.59 bits per heavy atom. The van der Waals surface area contributed by atoms with E-state index in [0.717, 1.165) is 5.56 Å². The van der Waals surface area contributed by atoms with Crippen molar-refractivity contribution in [1.82, 2.24) is 4.90 Å². The largest absolute Gasteiger partial charge is 0.444 e. The van der Waals surface area contributed by atoms with Gasteiger partial charge in [0.2, 0.25) is 0 Å². The van der Waals surface area contributed by atoms with Crippen LogP contribution in [-0.2, 0) is 11.3 Å². The molecule has 27 heavy (non-hydrogen) atoms. The Kier molecular flexibility index (Phi) is 5.27. The van der Waals surface area contributed by atoms with E-state index in [1.807, 2.05) is 6.07 Å². The second kappa shape index (κ2) is 7.48. The number of rotatable bonds is 4. The highest BCUT2D eigenvalue weighted by atomic mass is 16.6. The molecule has 142 valence electrons. The number of benzene rings is 2. The summed E-state index contributed by atoms with van der Waals surface area (Å²) in [4.78, 5) is 25.8. The van der Waals surface area contributed by atoms with Crippen molar-refractivity contribution in [3.63, 3.8) is 0 Å². The van der Waals surface area contributed by atoms with Crippen LogP contribution >= 0.6 is 0 Å².